The molecule has 0 atom stereocenters. The molecule has 140 valence electrons. The lowest BCUT2D eigenvalue weighted by atomic mass is 10.0. The second-order valence-corrected chi connectivity index (χ2v) is 6.93. The maximum Gasteiger partial charge on any atom is 0.241 e. The molecule has 0 spiro atoms. The molecule has 0 saturated heterocycles. The van der Waals surface area contributed by atoms with E-state index in [1.807, 2.05) is 6.08 Å². The van der Waals surface area contributed by atoms with Crippen molar-refractivity contribution in [3.8, 4) is 0 Å². The van der Waals surface area contributed by atoms with Crippen LogP contribution >= 0.6 is 0 Å². The number of primary amides is 1. The monoisotopic (exact) mass is 335 g/mol. The second kappa shape index (κ2) is 20.0. The highest BCUT2D eigenvalue weighted by molar-refractivity contribution is 5.85. The Balaban J connectivity index is 3.09. The lowest BCUT2D eigenvalue weighted by Crippen LogP contribution is -2.04. The van der Waals surface area contributed by atoms with Gasteiger partial charge in [0.05, 0.1) is 0 Å². The predicted octanol–water partition coefficient (Wildman–Crippen LogP) is 6.85. The molecule has 0 aromatic rings. The van der Waals surface area contributed by atoms with Crippen molar-refractivity contribution in [3.05, 3.63) is 24.3 Å². The van der Waals surface area contributed by atoms with Crippen molar-refractivity contribution < 1.29 is 4.79 Å². The highest BCUT2D eigenvalue weighted by Gasteiger charge is 1.94. The largest absolute Gasteiger partial charge is 0.366 e. The molecule has 0 radical (unpaired) electrons. The third kappa shape index (κ3) is 20.9. The molecule has 0 saturated carbocycles. The van der Waals surface area contributed by atoms with Gasteiger partial charge >= 0.3 is 0 Å². The summed E-state index contributed by atoms with van der Waals surface area (Å²) in [6, 6.07) is 0. The average Bonchev–Trinajstić information content (AvgIpc) is 2.56. The van der Waals surface area contributed by atoms with E-state index in [9.17, 15) is 4.79 Å². The summed E-state index contributed by atoms with van der Waals surface area (Å²) in [5, 5.41) is 0. The Labute approximate surface area is 151 Å². The Morgan fingerprint density at radius 1 is 0.667 bits per heavy atom. The molecule has 0 aliphatic heterocycles. The Morgan fingerprint density at radius 3 is 1.50 bits per heavy atom. The van der Waals surface area contributed by atoms with E-state index in [2.05, 4.69) is 13.0 Å². The summed E-state index contributed by atoms with van der Waals surface area (Å²) in [5.41, 5.74) is 5.01. The summed E-state index contributed by atoms with van der Waals surface area (Å²) in [5.74, 6) is -0.383. The molecule has 0 aliphatic rings. The molecule has 0 aromatic heterocycles. The second-order valence-electron chi connectivity index (χ2n) is 6.93. The standard InChI is InChI=1S/C22H41NO/c1-2-3-4-5-6-7-8-9-10-11-12-13-14-15-16-17-18-19-20-21-22(23)24/h18-21H,2-17H2,1H3,(H2,23,24). The summed E-state index contributed by atoms with van der Waals surface area (Å²) in [6.45, 7) is 2.28. The number of hydrogen-bond donors (Lipinski definition) is 1. The first-order chi connectivity index (χ1) is 11.8. The van der Waals surface area contributed by atoms with Crippen LogP contribution in [0.3, 0.4) is 0 Å². The third-order valence-corrected chi connectivity index (χ3v) is 4.48. The average molecular weight is 336 g/mol. The zero-order chi connectivity index (χ0) is 17.7. The molecule has 24 heavy (non-hydrogen) atoms. The van der Waals surface area contributed by atoms with E-state index >= 15 is 0 Å². The molecule has 2 heteroatoms. The molecule has 1 amide bonds. The van der Waals surface area contributed by atoms with Gasteiger partial charge in [0, 0.05) is 6.08 Å². The number of unbranched alkanes of at least 4 members (excludes halogenated alkanes) is 15. The molecular formula is C22H41NO. The van der Waals surface area contributed by atoms with Gasteiger partial charge in [-0.05, 0) is 12.8 Å². The number of carbonyl (C=O) groups excluding carboxylic acids is 1. The summed E-state index contributed by atoms with van der Waals surface area (Å²) in [7, 11) is 0. The third-order valence-electron chi connectivity index (χ3n) is 4.48. The number of hydrogen-bond acceptors (Lipinski definition) is 1. The van der Waals surface area contributed by atoms with Crippen LogP contribution in [0, 0.1) is 0 Å². The zero-order valence-corrected chi connectivity index (χ0v) is 16.1. The number of carbonyl (C=O) groups is 1. The molecule has 0 fully saturated rings. The maximum atomic E-state index is 10.5. The smallest absolute Gasteiger partial charge is 0.241 e. The number of nitrogens with two attached hydrogens (primary N) is 1. The first-order valence-electron chi connectivity index (χ1n) is 10.4. The van der Waals surface area contributed by atoms with Crippen LogP contribution in [0.4, 0.5) is 0 Å². The number of rotatable bonds is 18. The van der Waals surface area contributed by atoms with Gasteiger partial charge in [-0.25, -0.2) is 0 Å². The SMILES string of the molecule is CCCCCCCCCCCCCCCCCC=CC=CC(N)=O. The summed E-state index contributed by atoms with van der Waals surface area (Å²) >= 11 is 0. The van der Waals surface area contributed by atoms with Crippen molar-refractivity contribution in [1.82, 2.24) is 0 Å². The molecule has 2 nitrogen and oxygen atoms in total. The van der Waals surface area contributed by atoms with Gasteiger partial charge in [-0.3, -0.25) is 4.79 Å². The van der Waals surface area contributed by atoms with Gasteiger partial charge in [-0.2, -0.15) is 0 Å². The minimum atomic E-state index is -0.383. The summed E-state index contributed by atoms with van der Waals surface area (Å²) in [6.07, 6.45) is 29.3. The van der Waals surface area contributed by atoms with E-state index in [-0.39, 0.29) is 5.91 Å². The van der Waals surface area contributed by atoms with E-state index in [0.29, 0.717) is 0 Å². The number of allylic oxidation sites excluding steroid dienone is 3. The van der Waals surface area contributed by atoms with Crippen LogP contribution in [0.1, 0.15) is 110 Å². The topological polar surface area (TPSA) is 43.1 Å². The lowest BCUT2D eigenvalue weighted by molar-refractivity contribution is -0.113. The molecule has 2 N–H and O–H groups in total. The van der Waals surface area contributed by atoms with Crippen LogP contribution in [-0.2, 0) is 4.79 Å². The van der Waals surface area contributed by atoms with Crippen LogP contribution in [-0.4, -0.2) is 5.91 Å². The molecule has 0 bridgehead atoms. The number of amides is 1. The van der Waals surface area contributed by atoms with Crippen molar-refractivity contribution in [2.24, 2.45) is 5.73 Å². The van der Waals surface area contributed by atoms with Gasteiger partial charge in [0.15, 0.2) is 0 Å². The van der Waals surface area contributed by atoms with Crippen molar-refractivity contribution in [2.75, 3.05) is 0 Å². The minimum Gasteiger partial charge on any atom is -0.366 e. The Bertz CT molecular complexity index is 320. The fourth-order valence-corrected chi connectivity index (χ4v) is 2.96. The molecular weight excluding hydrogens is 294 g/mol. The van der Waals surface area contributed by atoms with Gasteiger partial charge in [0.1, 0.15) is 0 Å². The van der Waals surface area contributed by atoms with Crippen molar-refractivity contribution in [2.45, 2.75) is 110 Å². The predicted molar refractivity (Wildman–Crippen MR) is 107 cm³/mol. The highest BCUT2D eigenvalue weighted by atomic mass is 16.1. The van der Waals surface area contributed by atoms with Gasteiger partial charge in [0.2, 0.25) is 5.91 Å². The molecule has 0 aliphatic carbocycles. The highest BCUT2D eigenvalue weighted by Crippen LogP contribution is 2.13. The van der Waals surface area contributed by atoms with Crippen LogP contribution in [0.2, 0.25) is 0 Å². The fraction of sp³-hybridized carbons (Fsp3) is 0.773. The first-order valence-corrected chi connectivity index (χ1v) is 10.4. The summed E-state index contributed by atoms with van der Waals surface area (Å²) in [4.78, 5) is 10.5. The van der Waals surface area contributed by atoms with Crippen LogP contribution in [0.5, 0.6) is 0 Å². The Morgan fingerprint density at radius 2 is 1.08 bits per heavy atom. The van der Waals surface area contributed by atoms with Gasteiger partial charge in [-0.15, -0.1) is 0 Å². The normalized spacial score (nSPS) is 11.7. The Hall–Kier alpha value is -1.05. The lowest BCUT2D eigenvalue weighted by Gasteiger charge is -2.03. The maximum absolute atomic E-state index is 10.5. The molecule has 0 aromatic carbocycles. The van der Waals surface area contributed by atoms with Crippen LogP contribution in [0.25, 0.3) is 0 Å². The van der Waals surface area contributed by atoms with E-state index in [1.165, 1.54) is 102 Å². The molecule has 0 unspecified atom stereocenters. The quantitative estimate of drug-likeness (QED) is 0.166. The van der Waals surface area contributed by atoms with Crippen molar-refractivity contribution in [1.29, 1.82) is 0 Å². The van der Waals surface area contributed by atoms with Gasteiger partial charge < -0.3 is 5.73 Å². The van der Waals surface area contributed by atoms with Crippen molar-refractivity contribution in [3.63, 3.8) is 0 Å². The van der Waals surface area contributed by atoms with Crippen LogP contribution in [0.15, 0.2) is 24.3 Å². The van der Waals surface area contributed by atoms with Crippen molar-refractivity contribution >= 4 is 5.91 Å². The van der Waals surface area contributed by atoms with Gasteiger partial charge in [-0.1, -0.05) is 115 Å². The van der Waals surface area contributed by atoms with E-state index in [1.54, 1.807) is 6.08 Å². The zero-order valence-electron chi connectivity index (χ0n) is 16.1. The molecule has 0 heterocycles. The van der Waals surface area contributed by atoms with E-state index < -0.39 is 0 Å². The van der Waals surface area contributed by atoms with Crippen LogP contribution < -0.4 is 5.73 Å². The van der Waals surface area contributed by atoms with Gasteiger partial charge in [0.25, 0.3) is 0 Å². The molecule has 0 rings (SSSR count). The fourth-order valence-electron chi connectivity index (χ4n) is 2.96. The summed E-state index contributed by atoms with van der Waals surface area (Å²) < 4.78 is 0. The van der Waals surface area contributed by atoms with E-state index in [4.69, 9.17) is 5.73 Å². The Kier molecular flexibility index (Phi) is 19.1. The minimum absolute atomic E-state index is 0.383. The van der Waals surface area contributed by atoms with E-state index in [0.717, 1.165) is 6.42 Å². The first kappa shape index (κ1) is 22.9.